The van der Waals surface area contributed by atoms with Crippen LogP contribution in [0.15, 0.2) is 35.1 Å². The molecule has 0 saturated carbocycles. The molecule has 0 aliphatic heterocycles. The number of amides is 1. The lowest BCUT2D eigenvalue weighted by Gasteiger charge is -2.01. The van der Waals surface area contributed by atoms with Gasteiger partial charge in [0.15, 0.2) is 5.69 Å². The minimum Gasteiger partial charge on any atom is -0.382 e. The van der Waals surface area contributed by atoms with Gasteiger partial charge in [0.1, 0.15) is 5.82 Å². The summed E-state index contributed by atoms with van der Waals surface area (Å²) >= 11 is 0. The van der Waals surface area contributed by atoms with Crippen molar-refractivity contribution in [2.45, 2.75) is 0 Å². The van der Waals surface area contributed by atoms with Gasteiger partial charge in [-0.2, -0.15) is 0 Å². The van der Waals surface area contributed by atoms with Gasteiger partial charge in [-0.05, 0) is 12.1 Å². The fourth-order valence-corrected chi connectivity index (χ4v) is 1.27. The molecule has 0 aliphatic rings. The highest BCUT2D eigenvalue weighted by Crippen LogP contribution is 2.09. The zero-order chi connectivity index (χ0) is 11.5. The summed E-state index contributed by atoms with van der Waals surface area (Å²) in [6, 6.07) is 8.56. The molecule has 6 heteroatoms. The number of nitrogen functional groups attached to an aromatic ring is 1. The molecule has 0 bridgehead atoms. The second kappa shape index (κ2) is 3.93. The minimum absolute atomic E-state index is 0.0360. The highest BCUT2D eigenvalue weighted by Gasteiger charge is 2.11. The molecule has 1 aromatic carbocycles. The molecule has 0 radical (unpaired) electrons. The molecule has 5 N–H and O–H groups in total. The normalized spacial score (nSPS) is 10.0. The van der Waals surface area contributed by atoms with Gasteiger partial charge in [-0.1, -0.05) is 18.2 Å². The van der Waals surface area contributed by atoms with E-state index < -0.39 is 5.56 Å². The lowest BCUT2D eigenvalue weighted by Crippen LogP contribution is -2.17. The largest absolute Gasteiger partial charge is 0.382 e. The quantitative estimate of drug-likeness (QED) is 0.591. The van der Waals surface area contributed by atoms with Gasteiger partial charge in [0.25, 0.3) is 11.5 Å². The van der Waals surface area contributed by atoms with Crippen molar-refractivity contribution < 1.29 is 4.79 Å². The molecule has 6 nitrogen and oxygen atoms in total. The first-order chi connectivity index (χ1) is 7.68. The summed E-state index contributed by atoms with van der Waals surface area (Å²) < 4.78 is 0. The topological polar surface area (TPSA) is 104 Å². The molecule has 0 fully saturated rings. The van der Waals surface area contributed by atoms with Crippen molar-refractivity contribution in [2.75, 3.05) is 11.1 Å². The molecule has 0 atom stereocenters. The first-order valence-electron chi connectivity index (χ1n) is 4.61. The SMILES string of the molecule is Nc1[nH][nH]c(=O)c1NC(=O)c1ccccc1. The van der Waals surface area contributed by atoms with Crippen molar-refractivity contribution in [2.24, 2.45) is 0 Å². The highest BCUT2D eigenvalue weighted by molar-refractivity contribution is 6.05. The maximum Gasteiger partial charge on any atom is 0.289 e. The van der Waals surface area contributed by atoms with Crippen LogP contribution in [0.2, 0.25) is 0 Å². The Kier molecular flexibility index (Phi) is 2.47. The van der Waals surface area contributed by atoms with Gasteiger partial charge in [-0.3, -0.25) is 19.8 Å². The third-order valence-electron chi connectivity index (χ3n) is 2.08. The Labute approximate surface area is 90.5 Å². The van der Waals surface area contributed by atoms with Crippen LogP contribution in [0.3, 0.4) is 0 Å². The Morgan fingerprint density at radius 1 is 1.19 bits per heavy atom. The number of hydrogen-bond acceptors (Lipinski definition) is 3. The molecule has 2 aromatic rings. The molecular weight excluding hydrogens is 208 g/mol. The minimum atomic E-state index is -0.457. The fraction of sp³-hybridized carbons (Fsp3) is 0. The van der Waals surface area contributed by atoms with E-state index in [-0.39, 0.29) is 17.4 Å². The standard InChI is InChI=1S/C10H10N4O2/c11-8-7(10(16)14-13-8)12-9(15)6-4-2-1-3-5-6/h1-5H,(H,12,15)(H4,11,13,14,16). The first kappa shape index (κ1) is 10.0. The molecule has 1 amide bonds. The molecule has 0 saturated heterocycles. The second-order valence-electron chi connectivity index (χ2n) is 3.19. The van der Waals surface area contributed by atoms with Gasteiger partial charge in [0, 0.05) is 5.56 Å². The van der Waals surface area contributed by atoms with E-state index >= 15 is 0 Å². The lowest BCUT2D eigenvalue weighted by molar-refractivity contribution is 0.102. The molecule has 2 rings (SSSR count). The van der Waals surface area contributed by atoms with Crippen LogP contribution in [0, 0.1) is 0 Å². The zero-order valence-corrected chi connectivity index (χ0v) is 8.28. The lowest BCUT2D eigenvalue weighted by atomic mass is 10.2. The maximum atomic E-state index is 11.7. The summed E-state index contributed by atoms with van der Waals surface area (Å²) in [5, 5.41) is 7.13. The Balaban J connectivity index is 2.24. The van der Waals surface area contributed by atoms with Gasteiger partial charge >= 0.3 is 0 Å². The Hall–Kier alpha value is -2.50. The smallest absolute Gasteiger partial charge is 0.289 e. The van der Waals surface area contributed by atoms with E-state index in [1.165, 1.54) is 0 Å². The van der Waals surface area contributed by atoms with Crippen LogP contribution in [0.1, 0.15) is 10.4 Å². The van der Waals surface area contributed by atoms with Crippen LogP contribution in [0.4, 0.5) is 11.5 Å². The first-order valence-corrected chi connectivity index (χ1v) is 4.61. The molecule has 82 valence electrons. The number of aromatic amines is 2. The molecular formula is C10H10N4O2. The molecule has 16 heavy (non-hydrogen) atoms. The van der Waals surface area contributed by atoms with Gasteiger partial charge < -0.3 is 11.1 Å². The third kappa shape index (κ3) is 1.81. The number of carbonyl (C=O) groups is 1. The number of rotatable bonds is 2. The monoisotopic (exact) mass is 218 g/mol. The fourth-order valence-electron chi connectivity index (χ4n) is 1.27. The Bertz CT molecular complexity index is 556. The Morgan fingerprint density at radius 2 is 1.88 bits per heavy atom. The number of nitrogens with one attached hydrogen (secondary N) is 3. The number of H-pyrrole nitrogens is 2. The third-order valence-corrected chi connectivity index (χ3v) is 2.08. The van der Waals surface area contributed by atoms with Gasteiger partial charge in [-0.25, -0.2) is 0 Å². The van der Waals surface area contributed by atoms with Crippen LogP contribution in [0.25, 0.3) is 0 Å². The summed E-state index contributed by atoms with van der Waals surface area (Å²) in [5.41, 5.74) is 5.51. The highest BCUT2D eigenvalue weighted by atomic mass is 16.2. The van der Waals surface area contributed by atoms with Gasteiger partial charge in [0.05, 0.1) is 0 Å². The number of hydrogen-bond donors (Lipinski definition) is 4. The van der Waals surface area contributed by atoms with Gasteiger partial charge in [0.2, 0.25) is 0 Å². The maximum absolute atomic E-state index is 11.7. The number of nitrogens with two attached hydrogens (primary N) is 1. The zero-order valence-electron chi connectivity index (χ0n) is 8.28. The summed E-state index contributed by atoms with van der Waals surface area (Å²) in [4.78, 5) is 22.9. The summed E-state index contributed by atoms with van der Waals surface area (Å²) in [6.07, 6.45) is 0. The second-order valence-corrected chi connectivity index (χ2v) is 3.19. The molecule has 0 aliphatic carbocycles. The van der Waals surface area contributed by atoms with Crippen LogP contribution in [0.5, 0.6) is 0 Å². The van der Waals surface area contributed by atoms with Crippen LogP contribution < -0.4 is 16.6 Å². The van der Waals surface area contributed by atoms with E-state index in [0.717, 1.165) is 0 Å². The van der Waals surface area contributed by atoms with E-state index in [1.54, 1.807) is 30.3 Å². The summed E-state index contributed by atoms with van der Waals surface area (Å²) in [5.74, 6) is -0.272. The van der Waals surface area contributed by atoms with Crippen molar-refractivity contribution >= 4 is 17.4 Å². The molecule has 1 aromatic heterocycles. The van der Waals surface area contributed by atoms with Crippen molar-refractivity contribution in [3.05, 3.63) is 46.2 Å². The predicted molar refractivity (Wildman–Crippen MR) is 60.2 cm³/mol. The number of benzene rings is 1. The summed E-state index contributed by atoms with van der Waals surface area (Å²) in [6.45, 7) is 0. The number of aromatic nitrogens is 2. The van der Waals surface area contributed by atoms with E-state index in [9.17, 15) is 9.59 Å². The number of carbonyl (C=O) groups excluding carboxylic acids is 1. The summed E-state index contributed by atoms with van der Waals surface area (Å²) in [7, 11) is 0. The Morgan fingerprint density at radius 3 is 2.44 bits per heavy atom. The van der Waals surface area contributed by atoms with E-state index in [4.69, 9.17) is 5.73 Å². The van der Waals surface area contributed by atoms with E-state index in [2.05, 4.69) is 15.5 Å². The molecule has 0 spiro atoms. The van der Waals surface area contributed by atoms with E-state index in [1.807, 2.05) is 0 Å². The predicted octanol–water partition coefficient (Wildman–Crippen LogP) is 0.537. The van der Waals surface area contributed by atoms with E-state index in [0.29, 0.717) is 5.56 Å². The van der Waals surface area contributed by atoms with Gasteiger partial charge in [-0.15, -0.1) is 0 Å². The molecule has 1 heterocycles. The van der Waals surface area contributed by atoms with Crippen LogP contribution in [-0.4, -0.2) is 16.1 Å². The van der Waals surface area contributed by atoms with Crippen molar-refractivity contribution in [1.29, 1.82) is 0 Å². The van der Waals surface area contributed by atoms with Crippen LogP contribution in [-0.2, 0) is 0 Å². The number of anilines is 2. The van der Waals surface area contributed by atoms with Crippen LogP contribution >= 0.6 is 0 Å². The van der Waals surface area contributed by atoms with Crippen molar-refractivity contribution in [1.82, 2.24) is 10.2 Å². The average Bonchev–Trinajstić information content (AvgIpc) is 2.62. The molecule has 0 unspecified atom stereocenters. The van der Waals surface area contributed by atoms with Crippen molar-refractivity contribution in [3.63, 3.8) is 0 Å². The van der Waals surface area contributed by atoms with Crippen molar-refractivity contribution in [3.8, 4) is 0 Å². The average molecular weight is 218 g/mol.